The fourth-order valence-electron chi connectivity index (χ4n) is 4.26. The van der Waals surface area contributed by atoms with Gasteiger partial charge in [0.15, 0.2) is 5.76 Å². The van der Waals surface area contributed by atoms with Gasteiger partial charge in [-0.3, -0.25) is 19.2 Å². The molecule has 1 fully saturated rings. The van der Waals surface area contributed by atoms with Gasteiger partial charge in [0.05, 0.1) is 11.0 Å². The van der Waals surface area contributed by atoms with E-state index in [1.807, 2.05) is 24.3 Å². The van der Waals surface area contributed by atoms with Crippen molar-refractivity contribution >= 4 is 33.8 Å². The van der Waals surface area contributed by atoms with Gasteiger partial charge in [0.25, 0.3) is 11.8 Å². The molecule has 3 heterocycles. The Balaban J connectivity index is 1.31. The first-order valence-corrected chi connectivity index (χ1v) is 10.8. The molecule has 0 atom stereocenters. The number of carbonyl (C=O) groups excluding carboxylic acids is 2. The quantitative estimate of drug-likeness (QED) is 0.485. The first kappa shape index (κ1) is 20.7. The van der Waals surface area contributed by atoms with Crippen LogP contribution in [0.2, 0.25) is 0 Å². The van der Waals surface area contributed by atoms with Crippen LogP contribution in [0.25, 0.3) is 22.0 Å². The molecular weight excluding hydrogens is 424 g/mol. The number of piperazine rings is 1. The van der Waals surface area contributed by atoms with Gasteiger partial charge in [0.2, 0.25) is 0 Å². The fraction of sp³-hybridized carbons (Fsp3) is 0.250. The molecule has 1 saturated heterocycles. The van der Waals surface area contributed by atoms with Gasteiger partial charge in [-0.2, -0.15) is 0 Å². The number of nitrogens with zero attached hydrogens (tertiary/aromatic N) is 3. The van der Waals surface area contributed by atoms with Gasteiger partial charge in [-0.25, -0.2) is 0 Å². The third-order valence-corrected chi connectivity index (χ3v) is 6.03. The number of benzene rings is 2. The number of aromatic amines is 1. The zero-order chi connectivity index (χ0) is 23.1. The van der Waals surface area contributed by atoms with E-state index in [2.05, 4.69) is 4.98 Å². The number of aryl methyl sites for hydroxylation is 1. The largest absolute Gasteiger partial charge is 0.451 e. The fourth-order valence-corrected chi connectivity index (χ4v) is 4.26. The normalized spacial score (nSPS) is 14.2. The average Bonchev–Trinajstić information content (AvgIpc) is 3.28. The van der Waals surface area contributed by atoms with Gasteiger partial charge in [-0.05, 0) is 37.3 Å². The summed E-state index contributed by atoms with van der Waals surface area (Å²) >= 11 is 0. The van der Waals surface area contributed by atoms with Crippen LogP contribution in [0.15, 0.2) is 62.5 Å². The van der Waals surface area contributed by atoms with Crippen molar-refractivity contribution < 1.29 is 14.0 Å². The highest BCUT2D eigenvalue weighted by Gasteiger charge is 2.27. The highest BCUT2D eigenvalue weighted by molar-refractivity contribution is 5.98. The minimum atomic E-state index is -0.716. The lowest BCUT2D eigenvalue weighted by Crippen LogP contribution is -2.50. The zero-order valence-electron chi connectivity index (χ0n) is 18.0. The highest BCUT2D eigenvalue weighted by atomic mass is 16.3. The maximum absolute atomic E-state index is 13.1. The number of furan rings is 1. The molecule has 1 aliphatic heterocycles. The molecule has 0 unspecified atom stereocenters. The van der Waals surface area contributed by atoms with Crippen LogP contribution in [0.1, 0.15) is 27.8 Å². The van der Waals surface area contributed by atoms with Crippen molar-refractivity contribution in [3.8, 4) is 0 Å². The Kier molecular flexibility index (Phi) is 5.08. The molecule has 0 radical (unpaired) electrons. The van der Waals surface area contributed by atoms with Crippen LogP contribution in [-0.4, -0.2) is 57.3 Å². The van der Waals surface area contributed by atoms with Gasteiger partial charge in [0.1, 0.15) is 5.58 Å². The van der Waals surface area contributed by atoms with Crippen LogP contribution >= 0.6 is 0 Å². The molecule has 9 nitrogen and oxygen atoms in total. The van der Waals surface area contributed by atoms with Crippen LogP contribution in [0.4, 0.5) is 0 Å². The predicted octanol–water partition coefficient (Wildman–Crippen LogP) is 2.05. The standard InChI is InChI=1S/C24H22N4O5/c1-2-28-18-8-7-16(13-17(18)25-21(29)24(28)32)22(30)26-9-11-27(12-10-26)23(31)20-14-15-5-3-4-6-19(15)33-20/h3-8,13-14H,2,9-12H2,1H3,(H,25,29). The summed E-state index contributed by atoms with van der Waals surface area (Å²) in [5, 5.41) is 0.873. The molecule has 4 aromatic rings. The lowest BCUT2D eigenvalue weighted by Gasteiger charge is -2.34. The molecule has 0 spiro atoms. The summed E-state index contributed by atoms with van der Waals surface area (Å²) in [6.45, 7) is 3.68. The lowest BCUT2D eigenvalue weighted by atomic mass is 10.1. The number of hydrogen-bond donors (Lipinski definition) is 1. The molecule has 9 heteroatoms. The maximum atomic E-state index is 13.1. The molecule has 2 aromatic carbocycles. The topological polar surface area (TPSA) is 109 Å². The Morgan fingerprint density at radius 3 is 2.33 bits per heavy atom. The first-order chi connectivity index (χ1) is 16.0. The molecule has 1 aliphatic rings. The van der Waals surface area contributed by atoms with Crippen LogP contribution in [-0.2, 0) is 6.54 Å². The Morgan fingerprint density at radius 2 is 1.64 bits per heavy atom. The summed E-state index contributed by atoms with van der Waals surface area (Å²) < 4.78 is 7.06. The van der Waals surface area contributed by atoms with E-state index in [1.165, 1.54) is 4.57 Å². The Labute approximate surface area is 187 Å². The molecular formula is C24H22N4O5. The molecule has 2 aromatic heterocycles. The third-order valence-electron chi connectivity index (χ3n) is 6.03. The predicted molar refractivity (Wildman–Crippen MR) is 123 cm³/mol. The monoisotopic (exact) mass is 446 g/mol. The summed E-state index contributed by atoms with van der Waals surface area (Å²) in [6, 6.07) is 14.1. The van der Waals surface area contributed by atoms with Crippen molar-refractivity contribution in [3.63, 3.8) is 0 Å². The van der Waals surface area contributed by atoms with Gasteiger partial charge in [-0.1, -0.05) is 18.2 Å². The van der Waals surface area contributed by atoms with E-state index in [0.717, 1.165) is 5.39 Å². The summed E-state index contributed by atoms with van der Waals surface area (Å²) in [5.41, 5.74) is 0.751. The molecule has 5 rings (SSSR count). The van der Waals surface area contributed by atoms with Crippen molar-refractivity contribution in [2.45, 2.75) is 13.5 Å². The number of rotatable bonds is 3. The van der Waals surface area contributed by atoms with E-state index in [4.69, 9.17) is 4.42 Å². The second kappa shape index (κ2) is 8.09. The van der Waals surface area contributed by atoms with E-state index in [9.17, 15) is 19.2 Å². The lowest BCUT2D eigenvalue weighted by molar-refractivity contribution is 0.0519. The van der Waals surface area contributed by atoms with E-state index in [1.54, 1.807) is 41.0 Å². The summed E-state index contributed by atoms with van der Waals surface area (Å²) in [4.78, 5) is 55.8. The SMILES string of the molecule is CCn1c(=O)c(=O)[nH]c2cc(C(=O)N3CCN(C(=O)c4cc5ccccc5o4)CC3)ccc21. The van der Waals surface area contributed by atoms with Gasteiger partial charge in [0, 0.05) is 43.7 Å². The second-order valence-corrected chi connectivity index (χ2v) is 7.97. The molecule has 2 amide bonds. The summed E-state index contributed by atoms with van der Waals surface area (Å²) in [6.07, 6.45) is 0. The van der Waals surface area contributed by atoms with E-state index < -0.39 is 11.1 Å². The van der Waals surface area contributed by atoms with Gasteiger partial charge >= 0.3 is 11.1 Å². The average molecular weight is 446 g/mol. The highest BCUT2D eigenvalue weighted by Crippen LogP contribution is 2.21. The van der Waals surface area contributed by atoms with Crippen molar-refractivity contribution in [1.82, 2.24) is 19.4 Å². The second-order valence-electron chi connectivity index (χ2n) is 7.97. The van der Waals surface area contributed by atoms with E-state index >= 15 is 0 Å². The molecule has 33 heavy (non-hydrogen) atoms. The molecule has 168 valence electrons. The number of para-hydroxylation sites is 1. The number of H-pyrrole nitrogens is 1. The minimum absolute atomic E-state index is 0.192. The van der Waals surface area contributed by atoms with E-state index in [-0.39, 0.29) is 17.6 Å². The molecule has 0 aliphatic carbocycles. The molecule has 1 N–H and O–H groups in total. The summed E-state index contributed by atoms with van der Waals surface area (Å²) in [7, 11) is 0. The number of carbonyl (C=O) groups is 2. The van der Waals surface area contributed by atoms with Crippen molar-refractivity contribution in [2.24, 2.45) is 0 Å². The van der Waals surface area contributed by atoms with Crippen molar-refractivity contribution in [1.29, 1.82) is 0 Å². The number of hydrogen-bond acceptors (Lipinski definition) is 5. The Hall–Kier alpha value is -4.14. The maximum Gasteiger partial charge on any atom is 0.316 e. The van der Waals surface area contributed by atoms with Crippen LogP contribution in [0.5, 0.6) is 0 Å². The van der Waals surface area contributed by atoms with E-state index in [0.29, 0.717) is 54.9 Å². The molecule has 0 saturated carbocycles. The van der Waals surface area contributed by atoms with Crippen molar-refractivity contribution in [2.75, 3.05) is 26.2 Å². The summed E-state index contributed by atoms with van der Waals surface area (Å²) in [5.74, 6) is -0.0987. The van der Waals surface area contributed by atoms with Crippen molar-refractivity contribution in [3.05, 3.63) is 80.6 Å². The smallest absolute Gasteiger partial charge is 0.316 e. The van der Waals surface area contributed by atoms with Crippen LogP contribution in [0, 0.1) is 0 Å². The number of amides is 2. The molecule has 0 bridgehead atoms. The van der Waals surface area contributed by atoms with Gasteiger partial charge in [-0.15, -0.1) is 0 Å². The van der Waals surface area contributed by atoms with Crippen LogP contribution in [0.3, 0.4) is 0 Å². The zero-order valence-corrected chi connectivity index (χ0v) is 18.0. The number of fused-ring (bicyclic) bond motifs is 2. The first-order valence-electron chi connectivity index (χ1n) is 10.8. The number of aromatic nitrogens is 2. The Bertz CT molecular complexity index is 1470. The number of nitrogens with one attached hydrogen (secondary N) is 1. The Morgan fingerprint density at radius 1 is 0.939 bits per heavy atom. The minimum Gasteiger partial charge on any atom is -0.451 e. The van der Waals surface area contributed by atoms with Gasteiger partial charge < -0.3 is 23.8 Å². The third kappa shape index (κ3) is 3.61. The van der Waals surface area contributed by atoms with Crippen LogP contribution < -0.4 is 11.1 Å².